The highest BCUT2D eigenvalue weighted by molar-refractivity contribution is 5.90. The van der Waals surface area contributed by atoms with E-state index in [9.17, 15) is 9.59 Å². The van der Waals surface area contributed by atoms with E-state index in [1.807, 2.05) is 34.1 Å². The van der Waals surface area contributed by atoms with Crippen LogP contribution >= 0.6 is 0 Å². The molecule has 2 fully saturated rings. The number of urea groups is 2. The number of rotatable bonds is 4. The number of hydrogen-bond acceptors (Lipinski definition) is 2. The minimum Gasteiger partial charge on any atom is -0.325 e. The fraction of sp³-hybridized carbons (Fsp3) is 0.481. The SMILES string of the molecule is O=C(Nc1ccc(Cc2ccc(NC(=O)N3CCCCCC3)cc2)cc1)N1CCCCCC1. The zero-order valence-electron chi connectivity index (χ0n) is 19.5. The second-order valence-electron chi connectivity index (χ2n) is 9.23. The van der Waals surface area contributed by atoms with Crippen molar-refractivity contribution >= 4 is 23.4 Å². The third kappa shape index (κ3) is 6.98. The van der Waals surface area contributed by atoms with E-state index >= 15 is 0 Å². The number of amides is 4. The molecule has 0 spiro atoms. The Morgan fingerprint density at radius 3 is 1.21 bits per heavy atom. The van der Waals surface area contributed by atoms with Gasteiger partial charge < -0.3 is 20.4 Å². The van der Waals surface area contributed by atoms with Crippen LogP contribution in [-0.4, -0.2) is 48.0 Å². The van der Waals surface area contributed by atoms with Crippen LogP contribution in [-0.2, 0) is 6.42 Å². The number of hydrogen-bond donors (Lipinski definition) is 2. The van der Waals surface area contributed by atoms with E-state index in [1.165, 1.54) is 36.8 Å². The highest BCUT2D eigenvalue weighted by Crippen LogP contribution is 2.18. The number of nitrogens with zero attached hydrogens (tertiary/aromatic N) is 2. The maximum atomic E-state index is 12.5. The number of carbonyl (C=O) groups is 2. The third-order valence-electron chi connectivity index (χ3n) is 6.61. The monoisotopic (exact) mass is 448 g/mol. The van der Waals surface area contributed by atoms with Crippen molar-refractivity contribution in [2.45, 2.75) is 57.8 Å². The van der Waals surface area contributed by atoms with Crippen molar-refractivity contribution in [1.82, 2.24) is 9.80 Å². The van der Waals surface area contributed by atoms with Gasteiger partial charge in [-0.1, -0.05) is 49.9 Å². The second-order valence-corrected chi connectivity index (χ2v) is 9.23. The summed E-state index contributed by atoms with van der Waals surface area (Å²) in [5.41, 5.74) is 4.03. The van der Waals surface area contributed by atoms with Crippen LogP contribution in [0.3, 0.4) is 0 Å². The maximum absolute atomic E-state index is 12.5. The van der Waals surface area contributed by atoms with Gasteiger partial charge in [-0.25, -0.2) is 9.59 Å². The molecule has 0 aromatic heterocycles. The molecule has 2 aliphatic rings. The van der Waals surface area contributed by atoms with E-state index in [-0.39, 0.29) is 12.1 Å². The Morgan fingerprint density at radius 2 is 0.879 bits per heavy atom. The standard InChI is InChI=1S/C27H36N4O2/c32-26(30-17-5-1-2-6-18-30)28-24-13-9-22(10-14-24)21-23-11-15-25(16-12-23)29-27(33)31-19-7-3-4-8-20-31/h9-16H,1-8,17-21H2,(H,28,32)(H,29,33). The molecule has 2 aromatic rings. The molecule has 0 unspecified atom stereocenters. The van der Waals surface area contributed by atoms with E-state index in [1.54, 1.807) is 0 Å². The zero-order chi connectivity index (χ0) is 22.9. The van der Waals surface area contributed by atoms with Gasteiger partial charge in [-0.3, -0.25) is 0 Å². The average Bonchev–Trinajstić information content (AvgIpc) is 3.27. The van der Waals surface area contributed by atoms with Crippen LogP contribution in [0.25, 0.3) is 0 Å². The van der Waals surface area contributed by atoms with Gasteiger partial charge in [0, 0.05) is 37.6 Å². The Balaban J connectivity index is 1.27. The quantitative estimate of drug-likeness (QED) is 0.594. The molecule has 0 aliphatic carbocycles. The lowest BCUT2D eigenvalue weighted by atomic mass is 10.0. The fourth-order valence-corrected chi connectivity index (χ4v) is 4.60. The molecule has 0 atom stereocenters. The van der Waals surface area contributed by atoms with Gasteiger partial charge in [0.15, 0.2) is 0 Å². The summed E-state index contributed by atoms with van der Waals surface area (Å²) < 4.78 is 0. The highest BCUT2D eigenvalue weighted by Gasteiger charge is 2.16. The van der Waals surface area contributed by atoms with Crippen LogP contribution < -0.4 is 10.6 Å². The molecule has 0 bridgehead atoms. The molecule has 4 rings (SSSR count). The van der Waals surface area contributed by atoms with Crippen LogP contribution in [0.15, 0.2) is 48.5 Å². The third-order valence-corrected chi connectivity index (χ3v) is 6.61. The van der Waals surface area contributed by atoms with Gasteiger partial charge in [0.25, 0.3) is 0 Å². The summed E-state index contributed by atoms with van der Waals surface area (Å²) in [6.07, 6.45) is 10.0. The summed E-state index contributed by atoms with van der Waals surface area (Å²) in [6, 6.07) is 16.1. The van der Waals surface area contributed by atoms with Crippen LogP contribution in [0.5, 0.6) is 0 Å². The molecule has 4 amide bonds. The molecule has 6 nitrogen and oxygen atoms in total. The van der Waals surface area contributed by atoms with E-state index in [4.69, 9.17) is 0 Å². The van der Waals surface area contributed by atoms with Crippen molar-refractivity contribution < 1.29 is 9.59 Å². The molecule has 0 radical (unpaired) electrons. The Bertz CT molecular complexity index is 819. The normalized spacial score (nSPS) is 17.1. The summed E-state index contributed by atoms with van der Waals surface area (Å²) >= 11 is 0. The van der Waals surface area contributed by atoms with Gasteiger partial charge in [-0.2, -0.15) is 0 Å². The minimum atomic E-state index is 0.00228. The maximum Gasteiger partial charge on any atom is 0.321 e. The first-order valence-corrected chi connectivity index (χ1v) is 12.5. The van der Waals surface area contributed by atoms with Crippen molar-refractivity contribution in [2.24, 2.45) is 0 Å². The first-order valence-electron chi connectivity index (χ1n) is 12.5. The fourth-order valence-electron chi connectivity index (χ4n) is 4.60. The van der Waals surface area contributed by atoms with Crippen LogP contribution in [0, 0.1) is 0 Å². The van der Waals surface area contributed by atoms with Crippen molar-refractivity contribution in [3.63, 3.8) is 0 Å². The first-order chi connectivity index (χ1) is 16.2. The average molecular weight is 449 g/mol. The number of carbonyl (C=O) groups excluding carboxylic acids is 2. The lowest BCUT2D eigenvalue weighted by Gasteiger charge is -2.21. The van der Waals surface area contributed by atoms with Gasteiger partial charge in [0.2, 0.25) is 0 Å². The molecular weight excluding hydrogens is 412 g/mol. The molecular formula is C27H36N4O2. The van der Waals surface area contributed by atoms with Gasteiger partial charge in [0.05, 0.1) is 0 Å². The Labute approximate surface area is 197 Å². The summed E-state index contributed by atoms with van der Waals surface area (Å²) in [5, 5.41) is 6.06. The molecule has 2 aromatic carbocycles. The van der Waals surface area contributed by atoms with Crippen molar-refractivity contribution in [3.05, 3.63) is 59.7 Å². The lowest BCUT2D eigenvalue weighted by molar-refractivity contribution is 0.213. The predicted molar refractivity (Wildman–Crippen MR) is 134 cm³/mol. The summed E-state index contributed by atoms with van der Waals surface area (Å²) in [5.74, 6) is 0. The summed E-state index contributed by atoms with van der Waals surface area (Å²) in [7, 11) is 0. The van der Waals surface area contributed by atoms with E-state index in [2.05, 4.69) is 34.9 Å². The molecule has 6 heteroatoms. The molecule has 176 valence electrons. The molecule has 33 heavy (non-hydrogen) atoms. The Morgan fingerprint density at radius 1 is 0.545 bits per heavy atom. The van der Waals surface area contributed by atoms with Gasteiger partial charge in [-0.15, -0.1) is 0 Å². The largest absolute Gasteiger partial charge is 0.325 e. The Hall–Kier alpha value is -3.02. The van der Waals surface area contributed by atoms with Crippen LogP contribution in [0.4, 0.5) is 21.0 Å². The number of nitrogens with one attached hydrogen (secondary N) is 2. The van der Waals surface area contributed by atoms with Crippen molar-refractivity contribution in [2.75, 3.05) is 36.8 Å². The summed E-state index contributed by atoms with van der Waals surface area (Å²) in [6.45, 7) is 3.38. The minimum absolute atomic E-state index is 0.00228. The number of benzene rings is 2. The van der Waals surface area contributed by atoms with Gasteiger partial charge in [0.1, 0.15) is 0 Å². The molecule has 2 aliphatic heterocycles. The molecule has 2 N–H and O–H groups in total. The number of likely N-dealkylation sites (tertiary alicyclic amines) is 2. The Kier molecular flexibility index (Phi) is 8.23. The topological polar surface area (TPSA) is 64.7 Å². The van der Waals surface area contributed by atoms with Crippen LogP contribution in [0.1, 0.15) is 62.5 Å². The van der Waals surface area contributed by atoms with Crippen molar-refractivity contribution in [3.8, 4) is 0 Å². The molecule has 0 saturated carbocycles. The predicted octanol–water partition coefficient (Wildman–Crippen LogP) is 6.09. The van der Waals surface area contributed by atoms with Gasteiger partial charge >= 0.3 is 12.1 Å². The lowest BCUT2D eigenvalue weighted by Crippen LogP contribution is -2.35. The highest BCUT2D eigenvalue weighted by atomic mass is 16.2. The first kappa shape index (κ1) is 23.1. The van der Waals surface area contributed by atoms with Gasteiger partial charge in [-0.05, 0) is 67.5 Å². The number of anilines is 2. The second kappa shape index (κ2) is 11.7. The molecule has 2 heterocycles. The van der Waals surface area contributed by atoms with Crippen molar-refractivity contribution in [1.29, 1.82) is 0 Å². The summed E-state index contributed by atoms with van der Waals surface area (Å²) in [4.78, 5) is 28.9. The zero-order valence-corrected chi connectivity index (χ0v) is 19.5. The molecule has 2 saturated heterocycles. The van der Waals surface area contributed by atoms with E-state index in [0.29, 0.717) is 0 Å². The van der Waals surface area contributed by atoms with E-state index < -0.39 is 0 Å². The van der Waals surface area contributed by atoms with E-state index in [0.717, 1.165) is 69.7 Å². The van der Waals surface area contributed by atoms with Crippen LogP contribution in [0.2, 0.25) is 0 Å². The smallest absolute Gasteiger partial charge is 0.321 e.